The first-order valence-electron chi connectivity index (χ1n) is 2.38. The average Bonchev–Trinajstić information content (AvgIpc) is 1.68. The van der Waals surface area contributed by atoms with Gasteiger partial charge in [0.2, 0.25) is 0 Å². The van der Waals surface area contributed by atoms with Crippen molar-refractivity contribution in [2.45, 2.75) is 6.92 Å². The van der Waals surface area contributed by atoms with Crippen LogP contribution in [0, 0.1) is 0 Å². The van der Waals surface area contributed by atoms with Crippen LogP contribution in [0.15, 0.2) is 0 Å². The summed E-state index contributed by atoms with van der Waals surface area (Å²) in [4.78, 5) is 0. The van der Waals surface area contributed by atoms with Crippen molar-refractivity contribution in [3.05, 3.63) is 0 Å². The van der Waals surface area contributed by atoms with Crippen LogP contribution in [0.4, 0.5) is 0 Å². The van der Waals surface area contributed by atoms with E-state index in [1.165, 1.54) is 6.16 Å². The van der Waals surface area contributed by atoms with Crippen LogP contribution in [0.5, 0.6) is 0 Å². The van der Waals surface area contributed by atoms with Crippen molar-refractivity contribution in [2.75, 3.05) is 19.5 Å². The molecule has 0 N–H and O–H groups in total. The van der Waals surface area contributed by atoms with Gasteiger partial charge in [0, 0.05) is 0 Å². The molecule has 7 heavy (non-hydrogen) atoms. The van der Waals surface area contributed by atoms with Crippen LogP contribution in [0.25, 0.3) is 0 Å². The molecule has 0 aliphatic carbocycles. The van der Waals surface area contributed by atoms with Crippen LogP contribution in [-0.2, 0) is 0 Å². The van der Waals surface area contributed by atoms with E-state index in [2.05, 4.69) is 29.2 Å². The monoisotopic (exact) mass is 154 g/mol. The predicted octanol–water partition coefficient (Wildman–Crippen LogP) is 2.93. The standard InChI is InChI=1S/C4H13P3/c1-4-7(3,5)6-2/h4-5H2,1-3H3/t7-/m0/s1. The molecular formula is C4H13P3. The Labute approximate surface area is 50.2 Å². The first kappa shape index (κ1) is 8.16. The molecule has 0 rings (SSSR count). The highest BCUT2D eigenvalue weighted by Crippen LogP contribution is 2.59. The second kappa shape index (κ2) is 3.24. The summed E-state index contributed by atoms with van der Waals surface area (Å²) in [6.45, 7) is 6.86. The first-order chi connectivity index (χ1) is 3.12. The lowest BCUT2D eigenvalue weighted by Gasteiger charge is -2.06. The molecule has 44 valence electrons. The molecule has 2 atom stereocenters. The third-order valence-corrected chi connectivity index (χ3v) is 10.1. The van der Waals surface area contributed by atoms with Gasteiger partial charge in [0.25, 0.3) is 0 Å². The van der Waals surface area contributed by atoms with Crippen molar-refractivity contribution in [1.82, 2.24) is 0 Å². The maximum absolute atomic E-state index is 2.97. The lowest BCUT2D eigenvalue weighted by Crippen LogP contribution is -1.64. The number of hydrogen-bond acceptors (Lipinski definition) is 0. The van der Waals surface area contributed by atoms with Gasteiger partial charge in [-0.3, -0.25) is 0 Å². The van der Waals surface area contributed by atoms with Crippen molar-refractivity contribution in [3.63, 3.8) is 0 Å². The van der Waals surface area contributed by atoms with Crippen LogP contribution in [-0.4, -0.2) is 19.5 Å². The molecule has 0 nitrogen and oxygen atoms in total. The molecule has 0 bridgehead atoms. The van der Waals surface area contributed by atoms with Crippen LogP contribution >= 0.6 is 23.0 Å². The van der Waals surface area contributed by atoms with E-state index in [0.717, 1.165) is 0 Å². The molecule has 0 aromatic heterocycles. The summed E-state index contributed by atoms with van der Waals surface area (Å²) in [6, 6.07) is 0. The van der Waals surface area contributed by atoms with Crippen LogP contribution in [0.2, 0.25) is 0 Å². The fourth-order valence-electron chi connectivity index (χ4n) is 0.141. The van der Waals surface area contributed by atoms with E-state index in [0.29, 0.717) is 0 Å². The Morgan fingerprint density at radius 2 is 2.14 bits per heavy atom. The van der Waals surface area contributed by atoms with Crippen LogP contribution in [0.3, 0.4) is 0 Å². The Bertz CT molecular complexity index is 89.1. The summed E-state index contributed by atoms with van der Waals surface area (Å²) in [5, 5.41) is 0. The van der Waals surface area contributed by atoms with Crippen molar-refractivity contribution in [2.24, 2.45) is 0 Å². The quantitative estimate of drug-likeness (QED) is 0.509. The highest BCUT2D eigenvalue weighted by atomic mass is 32.3. The smallest absolute Gasteiger partial charge is 0.0222 e. The molecule has 0 fully saturated rings. The minimum absolute atomic E-state index is 0.515. The summed E-state index contributed by atoms with van der Waals surface area (Å²) in [5.74, 6) is 0. The zero-order valence-corrected chi connectivity index (χ0v) is 8.12. The van der Waals surface area contributed by atoms with E-state index in [1.54, 1.807) is 7.87 Å². The molecule has 0 saturated carbocycles. The first-order valence-corrected chi connectivity index (χ1v) is 8.46. The third-order valence-electron chi connectivity index (χ3n) is 1.10. The van der Waals surface area contributed by atoms with Gasteiger partial charge in [-0.1, -0.05) is 13.2 Å². The topological polar surface area (TPSA) is 0 Å². The van der Waals surface area contributed by atoms with Gasteiger partial charge in [-0.2, -0.15) is 0 Å². The Balaban J connectivity index is 3.85. The lowest BCUT2D eigenvalue weighted by molar-refractivity contribution is 1.51. The molecule has 0 saturated heterocycles. The third kappa shape index (κ3) is 3.72. The summed E-state index contributed by atoms with van der Waals surface area (Å²) in [7, 11) is 4.55. The normalized spacial score (nSPS) is 19.4. The summed E-state index contributed by atoms with van der Waals surface area (Å²) < 4.78 is 0. The lowest BCUT2D eigenvalue weighted by atomic mass is 11.0. The van der Waals surface area contributed by atoms with E-state index in [4.69, 9.17) is 0 Å². The second-order valence-corrected chi connectivity index (χ2v) is 13.9. The average molecular weight is 154 g/mol. The zero-order chi connectivity index (χ0) is 5.91. The van der Waals surface area contributed by atoms with E-state index < -0.39 is 6.24 Å². The highest BCUT2D eigenvalue weighted by Gasteiger charge is 1.94. The highest BCUT2D eigenvalue weighted by molar-refractivity contribution is 8.37. The molecule has 0 aliphatic heterocycles. The Hall–Kier alpha value is 1.16. The summed E-state index contributed by atoms with van der Waals surface area (Å²) >= 11 is 0. The van der Waals surface area contributed by atoms with Crippen molar-refractivity contribution >= 4 is 23.0 Å². The second-order valence-electron chi connectivity index (χ2n) is 1.73. The van der Waals surface area contributed by atoms with Crippen molar-refractivity contribution in [1.29, 1.82) is 0 Å². The van der Waals surface area contributed by atoms with Gasteiger partial charge < -0.3 is 0 Å². The predicted molar refractivity (Wildman–Crippen MR) is 45.9 cm³/mol. The molecule has 0 spiro atoms. The molecule has 0 amide bonds. The maximum atomic E-state index is 2.97. The van der Waals surface area contributed by atoms with Crippen molar-refractivity contribution in [3.8, 4) is 0 Å². The van der Waals surface area contributed by atoms with Crippen LogP contribution in [0.1, 0.15) is 6.92 Å². The fourth-order valence-corrected chi connectivity index (χ4v) is 1.27. The van der Waals surface area contributed by atoms with E-state index >= 15 is 0 Å². The van der Waals surface area contributed by atoms with Gasteiger partial charge in [0.15, 0.2) is 0 Å². The van der Waals surface area contributed by atoms with E-state index in [9.17, 15) is 0 Å². The largest absolute Gasteiger partial charge is 0.108 e. The van der Waals surface area contributed by atoms with Gasteiger partial charge in [-0.25, -0.2) is 0 Å². The minimum atomic E-state index is -0.515. The van der Waals surface area contributed by atoms with Gasteiger partial charge in [-0.15, -0.1) is 16.8 Å². The van der Waals surface area contributed by atoms with Gasteiger partial charge in [-0.05, 0) is 19.5 Å². The van der Waals surface area contributed by atoms with Crippen LogP contribution < -0.4 is 0 Å². The Morgan fingerprint density at radius 1 is 1.71 bits per heavy atom. The van der Waals surface area contributed by atoms with Gasteiger partial charge in [0.05, 0.1) is 0 Å². The van der Waals surface area contributed by atoms with Gasteiger partial charge in [0.1, 0.15) is 0 Å². The SMILES string of the molecule is CC[P@@](C)(P)=PC. The Morgan fingerprint density at radius 3 is 2.14 bits per heavy atom. The van der Waals surface area contributed by atoms with E-state index in [1.807, 2.05) is 0 Å². The van der Waals surface area contributed by atoms with Gasteiger partial charge >= 0.3 is 0 Å². The zero-order valence-electron chi connectivity index (χ0n) is 5.18. The molecule has 0 heterocycles. The van der Waals surface area contributed by atoms with E-state index in [-0.39, 0.29) is 0 Å². The molecule has 0 aromatic carbocycles. The molecular weight excluding hydrogens is 141 g/mol. The molecule has 3 heteroatoms. The Kier molecular flexibility index (Phi) is 3.77. The number of hydrogen-bond donors (Lipinski definition) is 0. The summed E-state index contributed by atoms with van der Waals surface area (Å²) in [6.07, 6.45) is 0.841. The number of rotatable bonds is 1. The molecule has 0 aromatic rings. The molecule has 0 aliphatic rings. The maximum Gasteiger partial charge on any atom is -0.0222 e. The fraction of sp³-hybridized carbons (Fsp3) is 1.00. The minimum Gasteiger partial charge on any atom is -0.108 e. The molecule has 1 unspecified atom stereocenters. The summed E-state index contributed by atoms with van der Waals surface area (Å²) in [5.41, 5.74) is 0. The van der Waals surface area contributed by atoms with Crippen molar-refractivity contribution < 1.29 is 0 Å². The molecule has 0 radical (unpaired) electrons.